The van der Waals surface area contributed by atoms with Gasteiger partial charge < -0.3 is 14.5 Å². The molecule has 1 aliphatic heterocycles. The molecule has 7 heteroatoms. The van der Waals surface area contributed by atoms with Gasteiger partial charge in [0.15, 0.2) is 0 Å². The van der Waals surface area contributed by atoms with Crippen LogP contribution in [0, 0.1) is 10.1 Å². The zero-order valence-electron chi connectivity index (χ0n) is 11.3. The first-order chi connectivity index (χ1) is 9.56. The van der Waals surface area contributed by atoms with E-state index in [1.165, 1.54) is 12.1 Å². The predicted octanol–water partition coefficient (Wildman–Crippen LogP) is 1.48. The lowest BCUT2D eigenvalue weighted by Gasteiger charge is -2.31. The molecule has 0 bridgehead atoms. The maximum absolute atomic E-state index is 11.8. The normalized spacial score (nSPS) is 15.9. The number of non-ortho nitro benzene ring substituents is 1. The molecule has 1 heterocycles. The largest absolute Gasteiger partial charge is 0.445 e. The van der Waals surface area contributed by atoms with Gasteiger partial charge in [-0.05, 0) is 12.6 Å². The number of nitrogens with zero attached hydrogens (tertiary/aromatic N) is 3. The molecule has 7 nitrogen and oxygen atoms in total. The van der Waals surface area contributed by atoms with Gasteiger partial charge in [-0.25, -0.2) is 4.79 Å². The van der Waals surface area contributed by atoms with Crippen molar-refractivity contribution in [1.82, 2.24) is 9.80 Å². The summed E-state index contributed by atoms with van der Waals surface area (Å²) < 4.78 is 5.18. The summed E-state index contributed by atoms with van der Waals surface area (Å²) >= 11 is 0. The summed E-state index contributed by atoms with van der Waals surface area (Å²) in [5.74, 6) is 0. The van der Waals surface area contributed by atoms with Crippen molar-refractivity contribution in [3.05, 3.63) is 39.9 Å². The molecule has 0 spiro atoms. The smallest absolute Gasteiger partial charge is 0.410 e. The van der Waals surface area contributed by atoms with Gasteiger partial charge in [0.05, 0.1) is 4.92 Å². The summed E-state index contributed by atoms with van der Waals surface area (Å²) in [7, 11) is 2.01. The first kappa shape index (κ1) is 14.3. The Kier molecular flexibility index (Phi) is 4.52. The molecule has 0 N–H and O–H groups in total. The third kappa shape index (κ3) is 3.67. The van der Waals surface area contributed by atoms with Crippen LogP contribution in [0.3, 0.4) is 0 Å². The molecule has 20 heavy (non-hydrogen) atoms. The summed E-state index contributed by atoms with van der Waals surface area (Å²) in [6.45, 7) is 2.99. The van der Waals surface area contributed by atoms with Crippen molar-refractivity contribution in [3.8, 4) is 0 Å². The number of amides is 1. The van der Waals surface area contributed by atoms with Crippen LogP contribution in [0.4, 0.5) is 10.5 Å². The molecule has 0 atom stereocenters. The number of benzene rings is 1. The van der Waals surface area contributed by atoms with Crippen molar-refractivity contribution in [2.24, 2.45) is 0 Å². The molecule has 0 radical (unpaired) electrons. The number of hydrogen-bond acceptors (Lipinski definition) is 5. The van der Waals surface area contributed by atoms with Crippen LogP contribution < -0.4 is 0 Å². The van der Waals surface area contributed by atoms with E-state index in [0.29, 0.717) is 18.7 Å². The topological polar surface area (TPSA) is 75.9 Å². The van der Waals surface area contributed by atoms with Gasteiger partial charge in [-0.15, -0.1) is 0 Å². The van der Waals surface area contributed by atoms with Gasteiger partial charge in [-0.2, -0.15) is 0 Å². The van der Waals surface area contributed by atoms with Gasteiger partial charge in [0.1, 0.15) is 6.61 Å². The second-order valence-corrected chi connectivity index (χ2v) is 4.77. The zero-order chi connectivity index (χ0) is 14.5. The van der Waals surface area contributed by atoms with Crippen LogP contribution in [0.2, 0.25) is 0 Å². The van der Waals surface area contributed by atoms with E-state index >= 15 is 0 Å². The highest BCUT2D eigenvalue weighted by atomic mass is 16.6. The number of piperazine rings is 1. The summed E-state index contributed by atoms with van der Waals surface area (Å²) in [6.07, 6.45) is -0.371. The minimum Gasteiger partial charge on any atom is -0.445 e. The molecule has 1 amide bonds. The highest BCUT2D eigenvalue weighted by Gasteiger charge is 2.20. The summed E-state index contributed by atoms with van der Waals surface area (Å²) in [5.41, 5.74) is 0.611. The van der Waals surface area contributed by atoms with Crippen LogP contribution in [0.15, 0.2) is 24.3 Å². The summed E-state index contributed by atoms with van der Waals surface area (Å²) in [6, 6.07) is 6.10. The van der Waals surface area contributed by atoms with Crippen LogP contribution in [0.5, 0.6) is 0 Å². The molecular formula is C13H17N3O4. The molecule has 1 saturated heterocycles. The number of nitro benzene ring substituents is 1. The van der Waals surface area contributed by atoms with Crippen LogP contribution in [-0.4, -0.2) is 54.0 Å². The second kappa shape index (κ2) is 6.33. The van der Waals surface area contributed by atoms with E-state index in [2.05, 4.69) is 4.90 Å². The quantitative estimate of drug-likeness (QED) is 0.618. The van der Waals surface area contributed by atoms with Crippen molar-refractivity contribution >= 4 is 11.8 Å². The van der Waals surface area contributed by atoms with Gasteiger partial charge >= 0.3 is 6.09 Å². The lowest BCUT2D eigenvalue weighted by Crippen LogP contribution is -2.47. The Hall–Kier alpha value is -2.15. The number of likely N-dealkylation sites (N-methyl/N-ethyl adjacent to an activating group) is 1. The fraction of sp³-hybridized carbons (Fsp3) is 0.462. The van der Waals surface area contributed by atoms with Gasteiger partial charge in [-0.3, -0.25) is 10.1 Å². The molecule has 1 aromatic carbocycles. The molecule has 1 aliphatic rings. The predicted molar refractivity (Wildman–Crippen MR) is 72.4 cm³/mol. The number of carbonyl (C=O) groups is 1. The van der Waals surface area contributed by atoms with Crippen LogP contribution >= 0.6 is 0 Å². The van der Waals surface area contributed by atoms with Gasteiger partial charge in [0, 0.05) is 38.3 Å². The Bertz CT molecular complexity index is 498. The Balaban J connectivity index is 1.87. The molecule has 0 aliphatic carbocycles. The number of nitro groups is 1. The monoisotopic (exact) mass is 279 g/mol. The molecule has 1 fully saturated rings. The molecule has 1 aromatic rings. The molecule has 0 aromatic heterocycles. The Labute approximate surface area is 116 Å². The van der Waals surface area contributed by atoms with E-state index in [9.17, 15) is 14.9 Å². The molecule has 0 saturated carbocycles. The number of carbonyl (C=O) groups excluding carboxylic acids is 1. The first-order valence-corrected chi connectivity index (χ1v) is 6.40. The molecular weight excluding hydrogens is 262 g/mol. The van der Waals surface area contributed by atoms with Crippen molar-refractivity contribution < 1.29 is 14.5 Å². The fourth-order valence-corrected chi connectivity index (χ4v) is 1.99. The fourth-order valence-electron chi connectivity index (χ4n) is 1.99. The highest BCUT2D eigenvalue weighted by molar-refractivity contribution is 5.67. The van der Waals surface area contributed by atoms with E-state index < -0.39 is 4.92 Å². The van der Waals surface area contributed by atoms with Crippen molar-refractivity contribution in [3.63, 3.8) is 0 Å². The standard InChI is InChI=1S/C13H17N3O4/c1-14-5-7-15(8-6-14)13(17)20-10-11-3-2-4-12(9-11)16(18)19/h2-4,9H,5-8,10H2,1H3. The molecule has 108 valence electrons. The highest BCUT2D eigenvalue weighted by Crippen LogP contribution is 2.14. The first-order valence-electron chi connectivity index (χ1n) is 6.40. The van der Waals surface area contributed by atoms with Crippen LogP contribution in [-0.2, 0) is 11.3 Å². The summed E-state index contributed by atoms with van der Waals surface area (Å²) in [5, 5.41) is 10.7. The van der Waals surface area contributed by atoms with E-state index in [4.69, 9.17) is 4.74 Å². The van der Waals surface area contributed by atoms with Gasteiger partial charge in [-0.1, -0.05) is 12.1 Å². The van der Waals surface area contributed by atoms with E-state index in [-0.39, 0.29) is 18.4 Å². The number of ether oxygens (including phenoxy) is 1. The van der Waals surface area contributed by atoms with E-state index in [0.717, 1.165) is 13.1 Å². The van der Waals surface area contributed by atoms with Crippen molar-refractivity contribution in [1.29, 1.82) is 0 Å². The second-order valence-electron chi connectivity index (χ2n) is 4.77. The van der Waals surface area contributed by atoms with Crippen molar-refractivity contribution in [2.75, 3.05) is 33.2 Å². The average molecular weight is 279 g/mol. The maximum Gasteiger partial charge on any atom is 0.410 e. The molecule has 2 rings (SSSR count). The van der Waals surface area contributed by atoms with Crippen molar-refractivity contribution in [2.45, 2.75) is 6.61 Å². The number of hydrogen-bond donors (Lipinski definition) is 0. The number of rotatable bonds is 3. The maximum atomic E-state index is 11.8. The van der Waals surface area contributed by atoms with E-state index in [1.54, 1.807) is 17.0 Å². The zero-order valence-corrected chi connectivity index (χ0v) is 11.3. The lowest BCUT2D eigenvalue weighted by atomic mass is 10.2. The third-order valence-corrected chi connectivity index (χ3v) is 3.25. The summed E-state index contributed by atoms with van der Waals surface area (Å²) in [4.78, 5) is 25.8. The van der Waals surface area contributed by atoms with Gasteiger partial charge in [0.25, 0.3) is 5.69 Å². The minimum atomic E-state index is -0.466. The Morgan fingerprint density at radius 2 is 2.05 bits per heavy atom. The molecule has 0 unspecified atom stereocenters. The SMILES string of the molecule is CN1CCN(C(=O)OCc2cccc([N+](=O)[O-])c2)CC1. The van der Waals surface area contributed by atoms with Gasteiger partial charge in [0.2, 0.25) is 0 Å². The Morgan fingerprint density at radius 1 is 1.35 bits per heavy atom. The van der Waals surface area contributed by atoms with E-state index in [1.807, 2.05) is 7.05 Å². The lowest BCUT2D eigenvalue weighted by molar-refractivity contribution is -0.384. The minimum absolute atomic E-state index is 0.00172. The Morgan fingerprint density at radius 3 is 2.70 bits per heavy atom. The van der Waals surface area contributed by atoms with Crippen LogP contribution in [0.1, 0.15) is 5.56 Å². The average Bonchev–Trinajstić information content (AvgIpc) is 2.46. The van der Waals surface area contributed by atoms with Crippen LogP contribution in [0.25, 0.3) is 0 Å². The third-order valence-electron chi connectivity index (χ3n) is 3.25.